The number of hydrogen-bond acceptors (Lipinski definition) is 3. The van der Waals surface area contributed by atoms with Crippen LogP contribution >= 0.6 is 0 Å². The van der Waals surface area contributed by atoms with Crippen molar-refractivity contribution in [1.29, 1.82) is 0 Å². The minimum Gasteiger partial charge on any atom is -0.378 e. The van der Waals surface area contributed by atoms with E-state index in [1.54, 1.807) is 0 Å². The second-order valence-electron chi connectivity index (χ2n) is 8.38. The third kappa shape index (κ3) is 1.50. The summed E-state index contributed by atoms with van der Waals surface area (Å²) in [5.74, 6) is 2.35. The van der Waals surface area contributed by atoms with Crippen molar-refractivity contribution in [2.24, 2.45) is 23.7 Å². The maximum absolute atomic E-state index is 12.8. The molecule has 6 rings (SSSR count). The van der Waals surface area contributed by atoms with E-state index in [9.17, 15) is 4.79 Å². The molecule has 116 valence electrons. The smallest absolute Gasteiger partial charge is 0.142 e. The molecule has 4 bridgehead atoms. The summed E-state index contributed by atoms with van der Waals surface area (Å²) in [6.07, 6.45) is 9.51. The number of fused-ring (bicyclic) bond motifs is 1. The third-order valence-electron chi connectivity index (χ3n) is 7.52. The number of Topliss-reactive ketones (excluding diaryl/α,β-unsaturated/α-hetero) is 1. The summed E-state index contributed by atoms with van der Waals surface area (Å²) in [5, 5.41) is 0. The van der Waals surface area contributed by atoms with Gasteiger partial charge < -0.3 is 9.47 Å². The molecule has 7 atom stereocenters. The largest absolute Gasteiger partial charge is 0.378 e. The second-order valence-corrected chi connectivity index (χ2v) is 8.38. The van der Waals surface area contributed by atoms with Crippen LogP contribution in [0.3, 0.4) is 0 Å². The van der Waals surface area contributed by atoms with Gasteiger partial charge in [0.15, 0.2) is 0 Å². The van der Waals surface area contributed by atoms with E-state index in [4.69, 9.17) is 9.47 Å². The molecule has 3 heteroatoms. The molecule has 3 saturated carbocycles. The van der Waals surface area contributed by atoms with Gasteiger partial charge in [0.2, 0.25) is 0 Å². The normalized spacial score (nSPS) is 58.5. The monoisotopic (exact) mass is 290 g/mol. The number of hydrogen-bond donors (Lipinski definition) is 0. The highest BCUT2D eigenvalue weighted by Gasteiger charge is 2.72. The molecule has 21 heavy (non-hydrogen) atoms. The van der Waals surface area contributed by atoms with Gasteiger partial charge in [-0.15, -0.1) is 0 Å². The Kier molecular flexibility index (Phi) is 2.56. The van der Waals surface area contributed by atoms with Gasteiger partial charge in [-0.3, -0.25) is 4.79 Å². The Labute approximate surface area is 126 Å². The van der Waals surface area contributed by atoms with Gasteiger partial charge in [-0.1, -0.05) is 12.8 Å². The first-order valence-corrected chi connectivity index (χ1v) is 8.99. The summed E-state index contributed by atoms with van der Waals surface area (Å²) in [4.78, 5) is 12.8. The van der Waals surface area contributed by atoms with E-state index in [0.29, 0.717) is 36.1 Å². The Hall–Kier alpha value is -0.410. The van der Waals surface area contributed by atoms with Crippen LogP contribution < -0.4 is 0 Å². The van der Waals surface area contributed by atoms with Crippen molar-refractivity contribution in [3.05, 3.63) is 0 Å². The molecular formula is C18H26O3. The Balaban J connectivity index is 1.58. The maximum atomic E-state index is 12.8. The van der Waals surface area contributed by atoms with Crippen molar-refractivity contribution in [3.8, 4) is 0 Å². The molecule has 3 nitrogen and oxygen atoms in total. The number of ether oxygens (including phenoxy) is 2. The van der Waals surface area contributed by atoms with Crippen molar-refractivity contribution in [3.63, 3.8) is 0 Å². The molecule has 0 amide bonds. The van der Waals surface area contributed by atoms with Crippen molar-refractivity contribution >= 4 is 5.78 Å². The van der Waals surface area contributed by atoms with Crippen LogP contribution in [0.4, 0.5) is 0 Å². The Morgan fingerprint density at radius 2 is 2.05 bits per heavy atom. The maximum Gasteiger partial charge on any atom is 0.142 e. The fraction of sp³-hybridized carbons (Fsp3) is 0.944. The molecule has 1 spiro atoms. The van der Waals surface area contributed by atoms with Crippen LogP contribution in [0, 0.1) is 23.7 Å². The quantitative estimate of drug-likeness (QED) is 0.744. The van der Waals surface area contributed by atoms with Crippen LogP contribution in [0.5, 0.6) is 0 Å². The molecule has 0 N–H and O–H groups in total. The highest BCUT2D eigenvalue weighted by atomic mass is 16.5. The van der Waals surface area contributed by atoms with Crippen LogP contribution in [-0.4, -0.2) is 29.7 Å². The average Bonchev–Trinajstić information content (AvgIpc) is 3.03. The summed E-state index contributed by atoms with van der Waals surface area (Å²) < 4.78 is 12.9. The zero-order valence-electron chi connectivity index (χ0n) is 13.0. The lowest BCUT2D eigenvalue weighted by Gasteiger charge is -2.61. The van der Waals surface area contributed by atoms with Gasteiger partial charge in [0.25, 0.3) is 0 Å². The fourth-order valence-corrected chi connectivity index (χ4v) is 6.92. The molecule has 0 aromatic carbocycles. The number of carbonyl (C=O) groups excluding carboxylic acids is 1. The first kappa shape index (κ1) is 13.1. The van der Waals surface area contributed by atoms with Gasteiger partial charge in [-0.25, -0.2) is 0 Å². The van der Waals surface area contributed by atoms with Gasteiger partial charge in [0.05, 0.1) is 23.2 Å². The van der Waals surface area contributed by atoms with E-state index in [1.807, 2.05) is 0 Å². The number of ketones is 1. The van der Waals surface area contributed by atoms with E-state index >= 15 is 0 Å². The van der Waals surface area contributed by atoms with Gasteiger partial charge >= 0.3 is 0 Å². The Bertz CT molecular complexity index is 483. The standard InChI is InChI=1S/C18H26O3/c1-17-13(15-6-4-8-20-15)9-11-12-5-2-3-7-18(12,21-17)10-14(19)16(11)17/h11-13,15-16H,2-10H2,1H3. The lowest BCUT2D eigenvalue weighted by Crippen LogP contribution is -2.67. The molecule has 3 aliphatic heterocycles. The molecule has 3 saturated heterocycles. The Morgan fingerprint density at radius 3 is 2.86 bits per heavy atom. The average molecular weight is 290 g/mol. The predicted octanol–water partition coefficient (Wildman–Crippen LogP) is 3.11. The zero-order chi connectivity index (χ0) is 14.2. The summed E-state index contributed by atoms with van der Waals surface area (Å²) in [6.45, 7) is 3.14. The van der Waals surface area contributed by atoms with Crippen LogP contribution in [-0.2, 0) is 14.3 Å². The zero-order valence-corrected chi connectivity index (χ0v) is 13.0. The van der Waals surface area contributed by atoms with Gasteiger partial charge in [0.1, 0.15) is 5.78 Å². The van der Waals surface area contributed by atoms with Crippen LogP contribution in [0.2, 0.25) is 0 Å². The van der Waals surface area contributed by atoms with E-state index in [-0.39, 0.29) is 17.1 Å². The first-order valence-electron chi connectivity index (χ1n) is 8.99. The van der Waals surface area contributed by atoms with Crippen LogP contribution in [0.1, 0.15) is 58.3 Å². The van der Waals surface area contributed by atoms with E-state index in [1.165, 1.54) is 32.1 Å². The van der Waals surface area contributed by atoms with E-state index in [2.05, 4.69) is 6.92 Å². The highest BCUT2D eigenvalue weighted by molar-refractivity contribution is 5.86. The lowest BCUT2D eigenvalue weighted by molar-refractivity contribution is -0.277. The summed E-state index contributed by atoms with van der Waals surface area (Å²) >= 11 is 0. The van der Waals surface area contributed by atoms with Crippen molar-refractivity contribution in [1.82, 2.24) is 0 Å². The van der Waals surface area contributed by atoms with Crippen molar-refractivity contribution < 1.29 is 14.3 Å². The molecule has 7 unspecified atom stereocenters. The van der Waals surface area contributed by atoms with Crippen LogP contribution in [0.25, 0.3) is 0 Å². The van der Waals surface area contributed by atoms with E-state index < -0.39 is 0 Å². The highest BCUT2D eigenvalue weighted by Crippen LogP contribution is 2.67. The molecule has 3 heterocycles. The molecule has 6 aliphatic rings. The van der Waals surface area contributed by atoms with Crippen LogP contribution in [0.15, 0.2) is 0 Å². The molecule has 0 radical (unpaired) electrons. The Morgan fingerprint density at radius 1 is 1.14 bits per heavy atom. The minimum absolute atomic E-state index is 0.100. The number of carbonyl (C=O) groups is 1. The number of rotatable bonds is 1. The third-order valence-corrected chi connectivity index (χ3v) is 7.52. The molecular weight excluding hydrogens is 264 g/mol. The molecule has 0 aromatic rings. The van der Waals surface area contributed by atoms with Gasteiger partial charge in [-0.2, -0.15) is 0 Å². The topological polar surface area (TPSA) is 35.5 Å². The predicted molar refractivity (Wildman–Crippen MR) is 77.9 cm³/mol. The first-order chi connectivity index (χ1) is 10.1. The van der Waals surface area contributed by atoms with Gasteiger partial charge in [0, 0.05) is 18.9 Å². The summed E-state index contributed by atoms with van der Waals surface area (Å²) in [6, 6.07) is 0. The van der Waals surface area contributed by atoms with Crippen molar-refractivity contribution in [2.75, 3.05) is 6.61 Å². The molecule has 6 fully saturated rings. The SMILES string of the molecule is CC12OC34CCCCC3C(CC1C1CCCO1)C2C(=O)C4. The second kappa shape index (κ2) is 4.11. The molecule has 3 aliphatic carbocycles. The summed E-state index contributed by atoms with van der Waals surface area (Å²) in [7, 11) is 0. The molecule has 0 aromatic heterocycles. The van der Waals surface area contributed by atoms with E-state index in [0.717, 1.165) is 19.4 Å². The fourth-order valence-electron chi connectivity index (χ4n) is 6.92. The minimum atomic E-state index is -0.233. The lowest BCUT2D eigenvalue weighted by atomic mass is 9.55. The van der Waals surface area contributed by atoms with Crippen molar-refractivity contribution in [2.45, 2.75) is 75.6 Å². The summed E-state index contributed by atoms with van der Waals surface area (Å²) in [5.41, 5.74) is -0.334. The van der Waals surface area contributed by atoms with Gasteiger partial charge in [-0.05, 0) is 50.9 Å².